The molecule has 1 unspecified atom stereocenters. The third-order valence-electron chi connectivity index (χ3n) is 4.95. The Morgan fingerprint density at radius 3 is 2.60 bits per heavy atom. The number of hydrogen-bond donors (Lipinski definition) is 2. The van der Waals surface area contributed by atoms with Crippen LogP contribution in [0.25, 0.3) is 0 Å². The first-order valence-electron chi connectivity index (χ1n) is 8.79. The molecule has 136 valence electrons. The number of benzene rings is 1. The molecule has 3 rings (SSSR count). The summed E-state index contributed by atoms with van der Waals surface area (Å²) in [5.74, 6) is 1.70. The number of carbonyl (C=O) groups is 2. The van der Waals surface area contributed by atoms with E-state index in [1.165, 1.54) is 17.9 Å². The first kappa shape index (κ1) is 18.5. The molecule has 25 heavy (non-hydrogen) atoms. The highest BCUT2D eigenvalue weighted by Crippen LogP contribution is 2.26. The Morgan fingerprint density at radius 1 is 1.16 bits per heavy atom. The lowest BCUT2D eigenvalue weighted by Crippen LogP contribution is -2.45. The van der Waals surface area contributed by atoms with Gasteiger partial charge in [0.2, 0.25) is 0 Å². The van der Waals surface area contributed by atoms with Crippen LogP contribution in [-0.2, 0) is 9.59 Å². The van der Waals surface area contributed by atoms with Crippen LogP contribution in [0.5, 0.6) is 0 Å². The van der Waals surface area contributed by atoms with Crippen LogP contribution in [-0.4, -0.2) is 53.9 Å². The molecule has 0 aromatic heterocycles. The first-order valence-corrected chi connectivity index (χ1v) is 10.3. The number of para-hydroxylation sites is 1. The van der Waals surface area contributed by atoms with Gasteiger partial charge in [-0.15, -0.1) is 0 Å². The Hall–Kier alpha value is -1.24. The molecular weight excluding hydrogens is 358 g/mol. The number of piperidine rings is 1. The summed E-state index contributed by atoms with van der Waals surface area (Å²) in [5, 5.41) is 5.73. The average Bonchev–Trinajstić information content (AvgIpc) is 3.16. The number of anilines is 1. The van der Waals surface area contributed by atoms with Gasteiger partial charge < -0.3 is 10.6 Å². The van der Waals surface area contributed by atoms with E-state index in [9.17, 15) is 9.59 Å². The molecule has 0 aliphatic carbocycles. The molecule has 2 fully saturated rings. The third-order valence-corrected chi connectivity index (χ3v) is 6.43. The van der Waals surface area contributed by atoms with Gasteiger partial charge in [0.15, 0.2) is 0 Å². The minimum absolute atomic E-state index is 0.418. The van der Waals surface area contributed by atoms with Crippen LogP contribution in [0.15, 0.2) is 24.3 Å². The van der Waals surface area contributed by atoms with Crippen molar-refractivity contribution in [1.29, 1.82) is 0 Å². The van der Waals surface area contributed by atoms with E-state index in [1.54, 1.807) is 24.3 Å². The Labute approximate surface area is 157 Å². The Morgan fingerprint density at radius 2 is 1.92 bits per heavy atom. The van der Waals surface area contributed by atoms with Gasteiger partial charge >= 0.3 is 11.8 Å². The van der Waals surface area contributed by atoms with Gasteiger partial charge in [0.05, 0.1) is 10.7 Å². The quantitative estimate of drug-likeness (QED) is 0.787. The molecule has 2 N–H and O–H groups in total. The number of likely N-dealkylation sites (tertiary alicyclic amines) is 1. The average molecular weight is 382 g/mol. The molecule has 2 aliphatic rings. The summed E-state index contributed by atoms with van der Waals surface area (Å²) in [4.78, 5) is 26.6. The number of carbonyl (C=O) groups excluding carboxylic acids is 2. The Bertz CT molecular complexity index is 614. The molecule has 1 aromatic rings. The molecule has 7 heteroatoms. The van der Waals surface area contributed by atoms with Crippen molar-refractivity contribution >= 4 is 40.9 Å². The maximum atomic E-state index is 12.0. The van der Waals surface area contributed by atoms with Crippen LogP contribution in [0.1, 0.15) is 19.3 Å². The molecule has 5 nitrogen and oxygen atoms in total. The molecule has 0 saturated carbocycles. The maximum absolute atomic E-state index is 12.0. The zero-order valence-electron chi connectivity index (χ0n) is 14.2. The Balaban J connectivity index is 1.39. The van der Waals surface area contributed by atoms with E-state index in [2.05, 4.69) is 15.5 Å². The highest BCUT2D eigenvalue weighted by Gasteiger charge is 2.27. The van der Waals surface area contributed by atoms with Crippen molar-refractivity contribution in [3.8, 4) is 0 Å². The van der Waals surface area contributed by atoms with Gasteiger partial charge in [-0.2, -0.15) is 11.8 Å². The second-order valence-corrected chi connectivity index (χ2v) is 8.20. The van der Waals surface area contributed by atoms with Crippen LogP contribution in [0.3, 0.4) is 0 Å². The molecule has 0 bridgehead atoms. The summed E-state index contributed by atoms with van der Waals surface area (Å²) in [5.41, 5.74) is 0.451. The standard InChI is InChI=1S/C18H24ClN3O2S/c19-15-3-1-2-4-16(15)21-18(24)17(23)20-11-13-5-8-22(9-6-13)14-7-10-25-12-14/h1-4,13-14H,5-12H2,(H,20,23)(H,21,24). The van der Waals surface area contributed by atoms with Crippen molar-refractivity contribution in [3.05, 3.63) is 29.3 Å². The number of amides is 2. The van der Waals surface area contributed by atoms with Gasteiger partial charge in [0, 0.05) is 18.3 Å². The summed E-state index contributed by atoms with van der Waals surface area (Å²) in [6, 6.07) is 7.61. The molecule has 0 radical (unpaired) electrons. The number of thioether (sulfide) groups is 1. The van der Waals surface area contributed by atoms with E-state index in [0.29, 0.717) is 23.2 Å². The van der Waals surface area contributed by atoms with Crippen molar-refractivity contribution in [3.63, 3.8) is 0 Å². The Kier molecular flexibility index (Phi) is 6.62. The van der Waals surface area contributed by atoms with Gasteiger partial charge in [-0.1, -0.05) is 23.7 Å². The second-order valence-electron chi connectivity index (χ2n) is 6.64. The van der Waals surface area contributed by atoms with Crippen LogP contribution in [0.4, 0.5) is 5.69 Å². The predicted octanol–water partition coefficient (Wildman–Crippen LogP) is 2.61. The van der Waals surface area contributed by atoms with Crippen molar-refractivity contribution in [2.75, 3.05) is 36.5 Å². The molecule has 2 saturated heterocycles. The fourth-order valence-electron chi connectivity index (χ4n) is 3.39. The maximum Gasteiger partial charge on any atom is 0.313 e. The lowest BCUT2D eigenvalue weighted by atomic mass is 9.95. The third kappa shape index (κ3) is 5.12. The highest BCUT2D eigenvalue weighted by molar-refractivity contribution is 7.99. The summed E-state index contributed by atoms with van der Waals surface area (Å²) in [6.45, 7) is 2.75. The number of hydrogen-bond acceptors (Lipinski definition) is 4. The van der Waals surface area contributed by atoms with Gasteiger partial charge in [0.25, 0.3) is 0 Å². The lowest BCUT2D eigenvalue weighted by Gasteiger charge is -2.35. The number of nitrogens with one attached hydrogen (secondary N) is 2. The van der Waals surface area contributed by atoms with Crippen molar-refractivity contribution in [1.82, 2.24) is 10.2 Å². The smallest absolute Gasteiger partial charge is 0.313 e. The van der Waals surface area contributed by atoms with E-state index in [0.717, 1.165) is 32.0 Å². The zero-order valence-corrected chi connectivity index (χ0v) is 15.7. The fraction of sp³-hybridized carbons (Fsp3) is 0.556. The highest BCUT2D eigenvalue weighted by atomic mass is 35.5. The zero-order chi connectivity index (χ0) is 17.6. The van der Waals surface area contributed by atoms with E-state index in [4.69, 9.17) is 11.6 Å². The van der Waals surface area contributed by atoms with Crippen LogP contribution >= 0.6 is 23.4 Å². The van der Waals surface area contributed by atoms with E-state index >= 15 is 0 Å². The lowest BCUT2D eigenvalue weighted by molar-refractivity contribution is -0.136. The van der Waals surface area contributed by atoms with Crippen molar-refractivity contribution in [2.45, 2.75) is 25.3 Å². The van der Waals surface area contributed by atoms with Gasteiger partial charge in [0.1, 0.15) is 0 Å². The second kappa shape index (κ2) is 8.92. The van der Waals surface area contributed by atoms with Crippen LogP contribution in [0, 0.1) is 5.92 Å². The van der Waals surface area contributed by atoms with Crippen LogP contribution < -0.4 is 10.6 Å². The van der Waals surface area contributed by atoms with Gasteiger partial charge in [-0.25, -0.2) is 0 Å². The van der Waals surface area contributed by atoms with E-state index < -0.39 is 11.8 Å². The van der Waals surface area contributed by atoms with Gasteiger partial charge in [-0.3, -0.25) is 14.5 Å². The molecule has 2 aliphatic heterocycles. The monoisotopic (exact) mass is 381 g/mol. The van der Waals surface area contributed by atoms with Gasteiger partial charge in [-0.05, 0) is 56.2 Å². The summed E-state index contributed by atoms with van der Waals surface area (Å²) >= 11 is 8.03. The normalized spacial score (nSPS) is 21.9. The summed E-state index contributed by atoms with van der Waals surface area (Å²) in [6.07, 6.45) is 3.45. The minimum Gasteiger partial charge on any atom is -0.348 e. The largest absolute Gasteiger partial charge is 0.348 e. The fourth-order valence-corrected chi connectivity index (χ4v) is 4.83. The number of rotatable bonds is 4. The molecule has 0 spiro atoms. The van der Waals surface area contributed by atoms with Crippen molar-refractivity contribution < 1.29 is 9.59 Å². The predicted molar refractivity (Wildman–Crippen MR) is 103 cm³/mol. The first-order chi connectivity index (χ1) is 12.1. The molecule has 1 atom stereocenters. The summed E-state index contributed by atoms with van der Waals surface area (Å²) < 4.78 is 0. The molecule has 2 heterocycles. The van der Waals surface area contributed by atoms with E-state index in [1.807, 2.05) is 11.8 Å². The number of nitrogens with zero attached hydrogens (tertiary/aromatic N) is 1. The van der Waals surface area contributed by atoms with E-state index in [-0.39, 0.29) is 0 Å². The van der Waals surface area contributed by atoms with Crippen molar-refractivity contribution in [2.24, 2.45) is 5.92 Å². The summed E-state index contributed by atoms with van der Waals surface area (Å²) in [7, 11) is 0. The topological polar surface area (TPSA) is 61.4 Å². The number of halogens is 1. The molecule has 1 aromatic carbocycles. The SMILES string of the molecule is O=C(NCC1CCN(C2CCSC2)CC1)C(=O)Nc1ccccc1Cl. The minimum atomic E-state index is -0.673. The molecule has 2 amide bonds. The van der Waals surface area contributed by atoms with Crippen LogP contribution in [0.2, 0.25) is 5.02 Å². The molecular formula is C18H24ClN3O2S.